The Morgan fingerprint density at radius 1 is 1.33 bits per heavy atom. The van der Waals surface area contributed by atoms with E-state index in [9.17, 15) is 0 Å². The third-order valence-corrected chi connectivity index (χ3v) is 8.40. The summed E-state index contributed by atoms with van der Waals surface area (Å²) in [5, 5.41) is 0. The van der Waals surface area contributed by atoms with E-state index in [2.05, 4.69) is 13.8 Å². The molecule has 0 aromatic heterocycles. The van der Waals surface area contributed by atoms with Crippen molar-refractivity contribution in [2.24, 2.45) is 0 Å². The summed E-state index contributed by atoms with van der Waals surface area (Å²) in [5.74, 6) is 0. The van der Waals surface area contributed by atoms with Crippen molar-refractivity contribution in [1.82, 2.24) is 0 Å². The van der Waals surface area contributed by atoms with Crippen LogP contribution in [0.5, 0.6) is 0 Å². The Hall–Kier alpha value is 0.935. The van der Waals surface area contributed by atoms with E-state index in [1.165, 1.54) is 6.42 Å². The monoisotopic (exact) mass is 274 g/mol. The van der Waals surface area contributed by atoms with Crippen LogP contribution in [0.4, 0.5) is 0 Å². The van der Waals surface area contributed by atoms with Gasteiger partial charge >= 0.3 is 52.7 Å². The van der Waals surface area contributed by atoms with Gasteiger partial charge in [-0.25, -0.2) is 0 Å². The average Bonchev–Trinajstić information content (AvgIpc) is 1.61. The van der Waals surface area contributed by atoms with Crippen LogP contribution in [0.3, 0.4) is 0 Å². The van der Waals surface area contributed by atoms with Crippen molar-refractivity contribution in [2.45, 2.75) is 28.1 Å². The molecule has 0 unspecified atom stereocenters. The van der Waals surface area contributed by atoms with Gasteiger partial charge in [-0.1, -0.05) is 0 Å². The van der Waals surface area contributed by atoms with Crippen LogP contribution in [0.1, 0.15) is 20.3 Å². The molecule has 0 bridgehead atoms. The van der Waals surface area contributed by atoms with Gasteiger partial charge < -0.3 is 0 Å². The molecule has 0 rings (SSSR count). The molecule has 0 aliphatic heterocycles. The standard InChI is InChI=1S/C3H7.C2H5.Hg/c1-3-2;1-2;/h1,3H2,2H3;1H2,2H3;. The fraction of sp³-hybridized carbons (Fsp3) is 1.00. The minimum atomic E-state index is -0.173. The zero-order valence-electron chi connectivity index (χ0n) is 4.83. The summed E-state index contributed by atoms with van der Waals surface area (Å²) in [7, 11) is 0. The van der Waals surface area contributed by atoms with Crippen LogP contribution in [-0.4, -0.2) is 0 Å². The molecular formula is C5H12Hg. The van der Waals surface area contributed by atoms with Crippen molar-refractivity contribution in [1.29, 1.82) is 0 Å². The van der Waals surface area contributed by atoms with Crippen LogP contribution in [-0.2, 0) is 24.6 Å². The zero-order valence-corrected chi connectivity index (χ0v) is 10.3. The summed E-state index contributed by atoms with van der Waals surface area (Å²) in [6.07, 6.45) is 1.45. The second-order valence-electron chi connectivity index (χ2n) is 1.71. The second-order valence-corrected chi connectivity index (χ2v) is 11.1. The van der Waals surface area contributed by atoms with Crippen LogP contribution >= 0.6 is 0 Å². The fourth-order valence-electron chi connectivity index (χ4n) is 0.500. The summed E-state index contributed by atoms with van der Waals surface area (Å²) >= 11 is -0.173. The van der Waals surface area contributed by atoms with Crippen molar-refractivity contribution in [3.63, 3.8) is 0 Å². The maximum absolute atomic E-state index is 2.33. The van der Waals surface area contributed by atoms with E-state index in [4.69, 9.17) is 0 Å². The number of rotatable bonds is 3. The van der Waals surface area contributed by atoms with Gasteiger partial charge in [-0.05, 0) is 0 Å². The van der Waals surface area contributed by atoms with Crippen LogP contribution in [0.2, 0.25) is 7.86 Å². The predicted octanol–water partition coefficient (Wildman–Crippen LogP) is 2.34. The molecule has 0 heterocycles. The molecule has 0 aromatic carbocycles. The summed E-state index contributed by atoms with van der Waals surface area (Å²) in [4.78, 5) is 0. The Kier molecular flexibility index (Phi) is 6.86. The van der Waals surface area contributed by atoms with Crippen molar-refractivity contribution >= 4 is 0 Å². The zero-order chi connectivity index (χ0) is 4.83. The molecule has 0 nitrogen and oxygen atoms in total. The van der Waals surface area contributed by atoms with Gasteiger partial charge in [-0.3, -0.25) is 0 Å². The van der Waals surface area contributed by atoms with Crippen LogP contribution in [0.25, 0.3) is 0 Å². The quantitative estimate of drug-likeness (QED) is 0.546. The Balaban J connectivity index is 2.34. The molecule has 1 heteroatoms. The van der Waals surface area contributed by atoms with Gasteiger partial charge in [0.1, 0.15) is 0 Å². The van der Waals surface area contributed by atoms with E-state index < -0.39 is 0 Å². The van der Waals surface area contributed by atoms with E-state index >= 15 is 0 Å². The first-order valence-electron chi connectivity index (χ1n) is 2.91. The molecule has 0 radical (unpaired) electrons. The van der Waals surface area contributed by atoms with Gasteiger partial charge in [0.25, 0.3) is 0 Å². The van der Waals surface area contributed by atoms with E-state index in [0.29, 0.717) is 0 Å². The van der Waals surface area contributed by atoms with Gasteiger partial charge in [0.05, 0.1) is 0 Å². The maximum atomic E-state index is 2.33. The molecule has 0 aliphatic carbocycles. The van der Waals surface area contributed by atoms with E-state index in [-0.39, 0.29) is 24.6 Å². The predicted molar refractivity (Wildman–Crippen MR) is 25.6 cm³/mol. The minimum absolute atomic E-state index is 0.173. The molecule has 34 valence electrons. The normalized spacial score (nSPS) is 7.67. The van der Waals surface area contributed by atoms with Gasteiger partial charge in [-0.2, -0.15) is 0 Å². The van der Waals surface area contributed by atoms with E-state index in [1.54, 1.807) is 7.86 Å². The first-order chi connectivity index (χ1) is 2.91. The van der Waals surface area contributed by atoms with Crippen LogP contribution in [0.15, 0.2) is 0 Å². The first kappa shape index (κ1) is 6.94. The van der Waals surface area contributed by atoms with Crippen molar-refractivity contribution in [2.75, 3.05) is 0 Å². The van der Waals surface area contributed by atoms with Crippen molar-refractivity contribution in [3.05, 3.63) is 0 Å². The molecule has 6 heavy (non-hydrogen) atoms. The molecule has 0 aliphatic rings. The molecule has 0 spiro atoms. The Bertz CT molecular complexity index is 15.9. The molecule has 0 fully saturated rings. The average molecular weight is 273 g/mol. The topological polar surface area (TPSA) is 0 Å². The van der Waals surface area contributed by atoms with E-state index in [1.807, 2.05) is 0 Å². The third-order valence-electron chi connectivity index (χ3n) is 0.957. The first-order valence-corrected chi connectivity index (χ1v) is 10.7. The Morgan fingerprint density at radius 2 is 2.00 bits per heavy atom. The molecule has 0 saturated heterocycles. The molecule has 0 atom stereocenters. The van der Waals surface area contributed by atoms with Gasteiger partial charge in [0.15, 0.2) is 0 Å². The number of hydrogen-bond acceptors (Lipinski definition) is 0. The van der Waals surface area contributed by atoms with Crippen LogP contribution in [0, 0.1) is 0 Å². The van der Waals surface area contributed by atoms with Gasteiger partial charge in [-0.15, -0.1) is 0 Å². The van der Waals surface area contributed by atoms with Gasteiger partial charge in [0.2, 0.25) is 0 Å². The molecule has 0 amide bonds. The molecule has 0 N–H and O–H groups in total. The molecule has 0 saturated carbocycles. The van der Waals surface area contributed by atoms with Crippen molar-refractivity contribution < 1.29 is 24.6 Å². The molecular weight excluding hydrogens is 261 g/mol. The SMILES string of the molecule is CC[CH2][Hg][CH2]C. The summed E-state index contributed by atoms with van der Waals surface area (Å²) < 4.78 is 3.21. The fourth-order valence-corrected chi connectivity index (χ4v) is 4.39. The summed E-state index contributed by atoms with van der Waals surface area (Å²) in [6, 6.07) is 0. The number of hydrogen-bond donors (Lipinski definition) is 0. The summed E-state index contributed by atoms with van der Waals surface area (Å²) in [5.41, 5.74) is 0. The van der Waals surface area contributed by atoms with Crippen LogP contribution < -0.4 is 0 Å². The summed E-state index contributed by atoms with van der Waals surface area (Å²) in [6.45, 7) is 4.62. The third kappa shape index (κ3) is 4.94. The molecule has 0 aromatic rings. The Morgan fingerprint density at radius 3 is 2.17 bits per heavy atom. The van der Waals surface area contributed by atoms with Gasteiger partial charge in [0, 0.05) is 0 Å². The Labute approximate surface area is 52.8 Å². The second kappa shape index (κ2) is 5.94. The van der Waals surface area contributed by atoms with E-state index in [0.717, 1.165) is 0 Å². The van der Waals surface area contributed by atoms with Crippen molar-refractivity contribution in [3.8, 4) is 0 Å².